The number of hydrogen-bond donors (Lipinski definition) is 1. The summed E-state index contributed by atoms with van der Waals surface area (Å²) in [6.45, 7) is 6.52. The number of nitrogens with zero attached hydrogens (tertiary/aromatic N) is 2. The fourth-order valence-electron chi connectivity index (χ4n) is 1.83. The summed E-state index contributed by atoms with van der Waals surface area (Å²) in [7, 11) is 0. The summed E-state index contributed by atoms with van der Waals surface area (Å²) in [5, 5.41) is 3.26. The Labute approximate surface area is 113 Å². The van der Waals surface area contributed by atoms with Gasteiger partial charge in [-0.2, -0.15) is 4.98 Å². The van der Waals surface area contributed by atoms with Crippen molar-refractivity contribution >= 4 is 5.95 Å². The molecule has 2 aromatic rings. The molecule has 1 N–H and O–H groups in total. The van der Waals surface area contributed by atoms with Crippen molar-refractivity contribution < 1.29 is 9.15 Å². The fraction of sp³-hybridized carbons (Fsp3) is 0.429. The molecule has 1 unspecified atom stereocenters. The van der Waals surface area contributed by atoms with Crippen LogP contribution >= 0.6 is 0 Å². The topological polar surface area (TPSA) is 60.2 Å². The standard InChI is InChI=1S/C14H19N3O2/c1-4-18-13-9-11(3)16-14(17-13)15-10(2)8-12-6-5-7-19-12/h5-7,9-10H,4,8H2,1-3H3,(H,15,16,17). The maximum absolute atomic E-state index is 5.41. The second kappa shape index (κ2) is 6.22. The highest BCUT2D eigenvalue weighted by Crippen LogP contribution is 2.14. The van der Waals surface area contributed by atoms with Gasteiger partial charge in [0.25, 0.3) is 0 Å². The molecule has 0 aliphatic carbocycles. The number of hydrogen-bond acceptors (Lipinski definition) is 5. The molecule has 0 spiro atoms. The molecule has 0 amide bonds. The minimum absolute atomic E-state index is 0.183. The number of anilines is 1. The molecular formula is C14H19N3O2. The van der Waals surface area contributed by atoms with Crippen LogP contribution in [-0.4, -0.2) is 22.6 Å². The smallest absolute Gasteiger partial charge is 0.226 e. The Bertz CT molecular complexity index is 511. The fourth-order valence-corrected chi connectivity index (χ4v) is 1.83. The molecule has 0 radical (unpaired) electrons. The number of aromatic nitrogens is 2. The molecule has 0 fully saturated rings. The van der Waals surface area contributed by atoms with Crippen molar-refractivity contribution in [2.24, 2.45) is 0 Å². The van der Waals surface area contributed by atoms with Crippen LogP contribution in [0.3, 0.4) is 0 Å². The molecule has 2 aromatic heterocycles. The maximum atomic E-state index is 5.41. The Morgan fingerprint density at radius 2 is 2.26 bits per heavy atom. The van der Waals surface area contributed by atoms with Gasteiger partial charge in [-0.05, 0) is 32.9 Å². The van der Waals surface area contributed by atoms with Gasteiger partial charge >= 0.3 is 0 Å². The molecule has 0 aliphatic heterocycles. The van der Waals surface area contributed by atoms with E-state index in [1.54, 1.807) is 6.26 Å². The molecule has 0 saturated heterocycles. The molecule has 5 heteroatoms. The molecule has 0 bridgehead atoms. The first-order valence-corrected chi connectivity index (χ1v) is 6.44. The van der Waals surface area contributed by atoms with Gasteiger partial charge in [-0.25, -0.2) is 4.98 Å². The lowest BCUT2D eigenvalue weighted by Gasteiger charge is -2.13. The second-order valence-corrected chi connectivity index (χ2v) is 4.43. The molecule has 102 valence electrons. The summed E-state index contributed by atoms with van der Waals surface area (Å²) in [4.78, 5) is 8.67. The molecule has 5 nitrogen and oxygen atoms in total. The lowest BCUT2D eigenvalue weighted by molar-refractivity contribution is 0.326. The predicted molar refractivity (Wildman–Crippen MR) is 73.4 cm³/mol. The number of ether oxygens (including phenoxy) is 1. The maximum Gasteiger partial charge on any atom is 0.226 e. The highest BCUT2D eigenvalue weighted by molar-refractivity contribution is 5.31. The molecule has 0 aliphatic rings. The first-order chi connectivity index (χ1) is 9.17. The van der Waals surface area contributed by atoms with Gasteiger partial charge in [-0.1, -0.05) is 0 Å². The van der Waals surface area contributed by atoms with Crippen LogP contribution in [0.2, 0.25) is 0 Å². The zero-order valence-corrected chi connectivity index (χ0v) is 11.5. The van der Waals surface area contributed by atoms with E-state index in [0.717, 1.165) is 17.9 Å². The highest BCUT2D eigenvalue weighted by Gasteiger charge is 2.09. The van der Waals surface area contributed by atoms with Crippen LogP contribution < -0.4 is 10.1 Å². The largest absolute Gasteiger partial charge is 0.478 e. The molecule has 19 heavy (non-hydrogen) atoms. The number of furan rings is 1. The van der Waals surface area contributed by atoms with Crippen LogP contribution in [0, 0.1) is 6.92 Å². The third-order valence-corrected chi connectivity index (χ3v) is 2.59. The van der Waals surface area contributed by atoms with E-state index in [9.17, 15) is 0 Å². The average Bonchev–Trinajstić information content (AvgIpc) is 2.81. The van der Waals surface area contributed by atoms with E-state index in [2.05, 4.69) is 22.2 Å². The van der Waals surface area contributed by atoms with E-state index in [-0.39, 0.29) is 6.04 Å². The summed E-state index contributed by atoms with van der Waals surface area (Å²) in [5.74, 6) is 2.13. The Balaban J connectivity index is 2.01. The first kappa shape index (κ1) is 13.4. The molecule has 2 rings (SSSR count). The van der Waals surface area contributed by atoms with Gasteiger partial charge in [0.1, 0.15) is 5.76 Å². The zero-order valence-electron chi connectivity index (χ0n) is 11.5. The average molecular weight is 261 g/mol. The molecule has 2 heterocycles. The third kappa shape index (κ3) is 3.98. The van der Waals surface area contributed by atoms with Crippen molar-refractivity contribution in [3.8, 4) is 5.88 Å². The highest BCUT2D eigenvalue weighted by atomic mass is 16.5. The van der Waals surface area contributed by atoms with Crippen molar-refractivity contribution in [1.29, 1.82) is 0 Å². The number of nitrogens with one attached hydrogen (secondary N) is 1. The Morgan fingerprint density at radius 1 is 1.42 bits per heavy atom. The third-order valence-electron chi connectivity index (χ3n) is 2.59. The van der Waals surface area contributed by atoms with E-state index >= 15 is 0 Å². The van der Waals surface area contributed by atoms with Crippen LogP contribution in [-0.2, 0) is 6.42 Å². The van der Waals surface area contributed by atoms with E-state index in [0.29, 0.717) is 18.4 Å². The predicted octanol–water partition coefficient (Wildman–Crippen LogP) is 2.82. The normalized spacial score (nSPS) is 12.2. The van der Waals surface area contributed by atoms with Gasteiger partial charge in [0.2, 0.25) is 11.8 Å². The summed E-state index contributed by atoms with van der Waals surface area (Å²) < 4.78 is 10.7. The van der Waals surface area contributed by atoms with Crippen LogP contribution in [0.25, 0.3) is 0 Å². The van der Waals surface area contributed by atoms with Gasteiger partial charge in [0.05, 0.1) is 12.9 Å². The van der Waals surface area contributed by atoms with Crippen LogP contribution in [0.5, 0.6) is 5.88 Å². The Hall–Kier alpha value is -2.04. The molecule has 1 atom stereocenters. The van der Waals surface area contributed by atoms with Crippen LogP contribution in [0.1, 0.15) is 25.3 Å². The quantitative estimate of drug-likeness (QED) is 0.866. The summed E-state index contributed by atoms with van der Waals surface area (Å²) in [6.07, 6.45) is 2.46. The van der Waals surface area contributed by atoms with Gasteiger partial charge in [0, 0.05) is 24.2 Å². The summed E-state index contributed by atoms with van der Waals surface area (Å²) >= 11 is 0. The number of aryl methyl sites for hydroxylation is 1. The monoisotopic (exact) mass is 261 g/mol. The molecule has 0 aromatic carbocycles. The number of rotatable bonds is 6. The zero-order chi connectivity index (χ0) is 13.7. The van der Waals surface area contributed by atoms with Gasteiger partial charge in [0.15, 0.2) is 0 Å². The first-order valence-electron chi connectivity index (χ1n) is 6.44. The van der Waals surface area contributed by atoms with Crippen molar-refractivity contribution in [1.82, 2.24) is 9.97 Å². The minimum Gasteiger partial charge on any atom is -0.478 e. The van der Waals surface area contributed by atoms with Crippen molar-refractivity contribution in [2.45, 2.75) is 33.2 Å². The summed E-state index contributed by atoms with van der Waals surface area (Å²) in [6, 6.07) is 5.85. The second-order valence-electron chi connectivity index (χ2n) is 4.43. The van der Waals surface area contributed by atoms with Gasteiger partial charge in [-0.3, -0.25) is 0 Å². The molecule has 0 saturated carbocycles. The van der Waals surface area contributed by atoms with E-state index in [1.165, 1.54) is 0 Å². The Morgan fingerprint density at radius 3 is 2.95 bits per heavy atom. The van der Waals surface area contributed by atoms with E-state index < -0.39 is 0 Å². The summed E-state index contributed by atoms with van der Waals surface area (Å²) in [5.41, 5.74) is 0.881. The van der Waals surface area contributed by atoms with Crippen molar-refractivity contribution in [3.05, 3.63) is 35.9 Å². The van der Waals surface area contributed by atoms with E-state index in [4.69, 9.17) is 9.15 Å². The van der Waals surface area contributed by atoms with Crippen LogP contribution in [0.15, 0.2) is 28.9 Å². The van der Waals surface area contributed by atoms with Crippen molar-refractivity contribution in [2.75, 3.05) is 11.9 Å². The van der Waals surface area contributed by atoms with Crippen molar-refractivity contribution in [3.63, 3.8) is 0 Å². The SMILES string of the molecule is CCOc1cc(C)nc(NC(C)Cc2ccco2)n1. The lowest BCUT2D eigenvalue weighted by Crippen LogP contribution is -2.20. The van der Waals surface area contributed by atoms with Gasteiger partial charge in [-0.15, -0.1) is 0 Å². The lowest BCUT2D eigenvalue weighted by atomic mass is 10.2. The Kier molecular flexibility index (Phi) is 4.39. The van der Waals surface area contributed by atoms with Gasteiger partial charge < -0.3 is 14.5 Å². The molecular weight excluding hydrogens is 242 g/mol. The van der Waals surface area contributed by atoms with Crippen LogP contribution in [0.4, 0.5) is 5.95 Å². The minimum atomic E-state index is 0.183. The van der Waals surface area contributed by atoms with E-state index in [1.807, 2.05) is 32.0 Å².